The summed E-state index contributed by atoms with van der Waals surface area (Å²) < 4.78 is 0. The number of likely N-dealkylation sites (N-methyl/N-ethyl adjacent to an activating group) is 1. The van der Waals surface area contributed by atoms with Gasteiger partial charge in [-0.05, 0) is 62.4 Å². The summed E-state index contributed by atoms with van der Waals surface area (Å²) in [6.45, 7) is 2.98. The smallest absolute Gasteiger partial charge is 0.170 e. The van der Waals surface area contributed by atoms with Crippen LogP contribution >= 0.6 is 12.2 Å². The van der Waals surface area contributed by atoms with E-state index >= 15 is 0 Å². The van der Waals surface area contributed by atoms with Crippen molar-refractivity contribution in [3.63, 3.8) is 0 Å². The molecule has 0 aliphatic rings. The number of unbranched alkanes of at least 4 members (excludes halogenated alkanes) is 1. The molecule has 134 valence electrons. The van der Waals surface area contributed by atoms with Crippen LogP contribution < -0.4 is 10.6 Å². The summed E-state index contributed by atoms with van der Waals surface area (Å²) in [5.74, 6) is 0. The molecule has 0 fully saturated rings. The Kier molecular flexibility index (Phi) is 7.89. The van der Waals surface area contributed by atoms with Gasteiger partial charge in [-0.3, -0.25) is 0 Å². The molecule has 1 unspecified atom stereocenters. The Balaban J connectivity index is 1.86. The molecule has 4 heteroatoms. The number of aryl methyl sites for hydroxylation is 1. The van der Waals surface area contributed by atoms with E-state index in [4.69, 9.17) is 12.2 Å². The minimum atomic E-state index is 0.275. The van der Waals surface area contributed by atoms with Gasteiger partial charge in [-0.15, -0.1) is 0 Å². The predicted molar refractivity (Wildman–Crippen MR) is 112 cm³/mol. The molecule has 0 aromatic heterocycles. The fraction of sp³-hybridized carbons (Fsp3) is 0.381. The highest BCUT2D eigenvalue weighted by Gasteiger charge is 2.13. The predicted octanol–water partition coefficient (Wildman–Crippen LogP) is 4.62. The highest BCUT2D eigenvalue weighted by molar-refractivity contribution is 7.80. The molecule has 0 spiro atoms. The zero-order chi connectivity index (χ0) is 18.1. The van der Waals surface area contributed by atoms with Gasteiger partial charge in [0.15, 0.2) is 5.11 Å². The second-order valence-corrected chi connectivity index (χ2v) is 6.93. The molecule has 0 saturated heterocycles. The van der Waals surface area contributed by atoms with E-state index in [0.29, 0.717) is 5.11 Å². The monoisotopic (exact) mass is 355 g/mol. The Labute approximate surface area is 157 Å². The summed E-state index contributed by atoms with van der Waals surface area (Å²) in [6.07, 6.45) is 3.60. The molecule has 0 heterocycles. The first-order valence-electron chi connectivity index (χ1n) is 8.95. The van der Waals surface area contributed by atoms with E-state index < -0.39 is 0 Å². The quantitative estimate of drug-likeness (QED) is 0.676. The van der Waals surface area contributed by atoms with Gasteiger partial charge in [0.05, 0.1) is 6.04 Å². The number of thiocarbonyl (C=S) groups is 1. The van der Waals surface area contributed by atoms with Gasteiger partial charge in [0.25, 0.3) is 0 Å². The lowest BCUT2D eigenvalue weighted by atomic mass is 10.1. The van der Waals surface area contributed by atoms with Crippen LogP contribution in [0.15, 0.2) is 54.6 Å². The highest BCUT2D eigenvalue weighted by atomic mass is 32.1. The Hall–Kier alpha value is -1.91. The highest BCUT2D eigenvalue weighted by Crippen LogP contribution is 2.17. The van der Waals surface area contributed by atoms with E-state index in [9.17, 15) is 0 Å². The van der Waals surface area contributed by atoms with E-state index in [1.54, 1.807) is 0 Å². The van der Waals surface area contributed by atoms with Crippen LogP contribution in [0.3, 0.4) is 0 Å². The fourth-order valence-corrected chi connectivity index (χ4v) is 2.98. The van der Waals surface area contributed by atoms with Crippen molar-refractivity contribution in [3.05, 3.63) is 65.7 Å². The maximum Gasteiger partial charge on any atom is 0.170 e. The normalized spacial score (nSPS) is 12.0. The van der Waals surface area contributed by atoms with Crippen molar-refractivity contribution in [3.8, 4) is 0 Å². The number of benzene rings is 2. The summed E-state index contributed by atoms with van der Waals surface area (Å²) in [6, 6.07) is 19.3. The average Bonchev–Trinajstić information content (AvgIpc) is 2.62. The van der Waals surface area contributed by atoms with Crippen LogP contribution in [-0.4, -0.2) is 30.7 Å². The number of hydrogen-bond acceptors (Lipinski definition) is 2. The molecule has 2 aromatic rings. The number of hydrogen-bond donors (Lipinski definition) is 2. The molecule has 25 heavy (non-hydrogen) atoms. The van der Waals surface area contributed by atoms with Gasteiger partial charge >= 0.3 is 0 Å². The third-order valence-electron chi connectivity index (χ3n) is 4.29. The van der Waals surface area contributed by atoms with Crippen molar-refractivity contribution in [1.82, 2.24) is 10.2 Å². The molecule has 2 aromatic carbocycles. The van der Waals surface area contributed by atoms with Gasteiger partial charge < -0.3 is 15.5 Å². The molecule has 2 rings (SSSR count). The van der Waals surface area contributed by atoms with Crippen molar-refractivity contribution in [2.24, 2.45) is 0 Å². The third kappa shape index (κ3) is 6.48. The van der Waals surface area contributed by atoms with Gasteiger partial charge in [0, 0.05) is 12.2 Å². The summed E-state index contributed by atoms with van der Waals surface area (Å²) in [4.78, 5) is 2.20. The Morgan fingerprint density at radius 1 is 1.04 bits per heavy atom. The first-order chi connectivity index (χ1) is 12.1. The molecule has 0 bridgehead atoms. The molecule has 0 aliphatic heterocycles. The molecular formula is C21H29N3S. The number of rotatable bonds is 8. The first-order valence-corrected chi connectivity index (χ1v) is 9.36. The van der Waals surface area contributed by atoms with Gasteiger partial charge in [-0.25, -0.2) is 0 Å². The topological polar surface area (TPSA) is 27.3 Å². The van der Waals surface area contributed by atoms with E-state index in [-0.39, 0.29) is 6.04 Å². The average molecular weight is 356 g/mol. The summed E-state index contributed by atoms with van der Waals surface area (Å²) in [7, 11) is 4.18. The summed E-state index contributed by atoms with van der Waals surface area (Å²) in [5.41, 5.74) is 3.69. The first kappa shape index (κ1) is 19.4. The molecule has 1 atom stereocenters. The van der Waals surface area contributed by atoms with E-state index in [1.807, 2.05) is 6.07 Å². The second kappa shape index (κ2) is 10.2. The van der Waals surface area contributed by atoms with Crippen LogP contribution in [0.1, 0.15) is 36.9 Å². The van der Waals surface area contributed by atoms with Gasteiger partial charge in [0.2, 0.25) is 0 Å². The lowest BCUT2D eigenvalue weighted by Crippen LogP contribution is -2.36. The Bertz CT molecular complexity index is 638. The van der Waals surface area contributed by atoms with E-state index in [1.165, 1.54) is 24.0 Å². The zero-order valence-corrected chi connectivity index (χ0v) is 16.3. The zero-order valence-electron chi connectivity index (χ0n) is 15.5. The van der Waals surface area contributed by atoms with Crippen LogP contribution in [0.25, 0.3) is 0 Å². The van der Waals surface area contributed by atoms with Crippen molar-refractivity contribution >= 4 is 23.0 Å². The van der Waals surface area contributed by atoms with Crippen molar-refractivity contribution in [2.45, 2.75) is 32.2 Å². The molecule has 3 nitrogen and oxygen atoms in total. The maximum atomic E-state index is 5.45. The van der Waals surface area contributed by atoms with Crippen LogP contribution in [0.2, 0.25) is 0 Å². The Morgan fingerprint density at radius 2 is 1.72 bits per heavy atom. The molecule has 0 aliphatic carbocycles. The lowest BCUT2D eigenvalue weighted by molar-refractivity contribution is 0.299. The molecule has 2 N–H and O–H groups in total. The minimum Gasteiger partial charge on any atom is -0.361 e. The molecule has 0 saturated carbocycles. The lowest BCUT2D eigenvalue weighted by Gasteiger charge is -2.25. The standard InChI is InChI=1S/C21H29N3S/c1-4-5-9-17-12-14-19(15-13-17)23-21(25)22-16-20(24(2)3)18-10-7-6-8-11-18/h6-8,10-15,20H,4-5,9,16H2,1-3H3,(H2,22,23,25). The largest absolute Gasteiger partial charge is 0.361 e. The number of anilines is 1. The molecule has 0 radical (unpaired) electrons. The van der Waals surface area contributed by atoms with Crippen molar-refractivity contribution < 1.29 is 0 Å². The number of nitrogens with zero attached hydrogens (tertiary/aromatic N) is 1. The van der Waals surface area contributed by atoms with Gasteiger partial charge in [-0.2, -0.15) is 0 Å². The maximum absolute atomic E-state index is 5.45. The van der Waals surface area contributed by atoms with E-state index in [0.717, 1.165) is 18.7 Å². The van der Waals surface area contributed by atoms with Crippen molar-refractivity contribution in [2.75, 3.05) is 26.0 Å². The van der Waals surface area contributed by atoms with Crippen molar-refractivity contribution in [1.29, 1.82) is 0 Å². The SMILES string of the molecule is CCCCc1ccc(NC(=S)NCC(c2ccccc2)N(C)C)cc1. The van der Waals surface area contributed by atoms with Crippen LogP contribution in [0.5, 0.6) is 0 Å². The second-order valence-electron chi connectivity index (χ2n) is 6.53. The number of nitrogens with one attached hydrogen (secondary N) is 2. The molecular weight excluding hydrogens is 326 g/mol. The summed E-state index contributed by atoms with van der Waals surface area (Å²) >= 11 is 5.45. The van der Waals surface area contributed by atoms with Gasteiger partial charge in [0.1, 0.15) is 0 Å². The molecule has 0 amide bonds. The third-order valence-corrected chi connectivity index (χ3v) is 4.54. The minimum absolute atomic E-state index is 0.275. The van der Waals surface area contributed by atoms with Crippen LogP contribution in [0.4, 0.5) is 5.69 Å². The van der Waals surface area contributed by atoms with Crippen LogP contribution in [0, 0.1) is 0 Å². The van der Waals surface area contributed by atoms with Gasteiger partial charge in [-0.1, -0.05) is 55.8 Å². The Morgan fingerprint density at radius 3 is 2.32 bits per heavy atom. The summed E-state index contributed by atoms with van der Waals surface area (Å²) in [5, 5.41) is 7.27. The fourth-order valence-electron chi connectivity index (χ4n) is 2.77. The van der Waals surface area contributed by atoms with E-state index in [2.05, 4.69) is 85.1 Å². The van der Waals surface area contributed by atoms with Crippen LogP contribution in [-0.2, 0) is 6.42 Å².